The molecular formula is C8H12N6S2. The maximum absolute atomic E-state index is 4.13. The highest BCUT2D eigenvalue weighted by Crippen LogP contribution is 2.23. The molecule has 2 heterocycles. The van der Waals surface area contributed by atoms with Crippen molar-refractivity contribution in [3.63, 3.8) is 0 Å². The van der Waals surface area contributed by atoms with Crippen molar-refractivity contribution in [2.24, 2.45) is 7.05 Å². The Bertz CT molecular complexity index is 451. The number of aryl methyl sites for hydroxylation is 1. The van der Waals surface area contributed by atoms with Gasteiger partial charge in [-0.2, -0.15) is 5.10 Å². The SMILES string of the molecule is CCNc1nnc(CSc2ncnn2C)s1. The highest BCUT2D eigenvalue weighted by Gasteiger charge is 2.06. The van der Waals surface area contributed by atoms with Gasteiger partial charge >= 0.3 is 0 Å². The van der Waals surface area contributed by atoms with E-state index in [4.69, 9.17) is 0 Å². The highest BCUT2D eigenvalue weighted by atomic mass is 32.2. The van der Waals surface area contributed by atoms with Gasteiger partial charge in [-0.05, 0) is 6.92 Å². The number of nitrogens with one attached hydrogen (secondary N) is 1. The normalized spacial score (nSPS) is 10.6. The molecule has 0 spiro atoms. The molecule has 0 aliphatic carbocycles. The van der Waals surface area contributed by atoms with Gasteiger partial charge in [0.15, 0.2) is 5.16 Å². The predicted molar refractivity (Wildman–Crippen MR) is 64.6 cm³/mol. The molecule has 1 N–H and O–H groups in total. The second-order valence-electron chi connectivity index (χ2n) is 2.99. The molecule has 0 aliphatic heterocycles. The Balaban J connectivity index is 1.92. The molecule has 0 amide bonds. The summed E-state index contributed by atoms with van der Waals surface area (Å²) in [4.78, 5) is 4.13. The molecule has 2 aromatic heterocycles. The van der Waals surface area contributed by atoms with Crippen molar-refractivity contribution in [3.8, 4) is 0 Å². The number of aromatic nitrogens is 5. The van der Waals surface area contributed by atoms with Crippen molar-refractivity contribution in [2.45, 2.75) is 17.8 Å². The Morgan fingerprint density at radius 2 is 2.38 bits per heavy atom. The van der Waals surface area contributed by atoms with Crippen LogP contribution in [0.5, 0.6) is 0 Å². The summed E-state index contributed by atoms with van der Waals surface area (Å²) in [6, 6.07) is 0. The van der Waals surface area contributed by atoms with Crippen molar-refractivity contribution < 1.29 is 0 Å². The van der Waals surface area contributed by atoms with Crippen LogP contribution in [0.4, 0.5) is 5.13 Å². The molecule has 0 bridgehead atoms. The fraction of sp³-hybridized carbons (Fsp3) is 0.500. The summed E-state index contributed by atoms with van der Waals surface area (Å²) in [5, 5.41) is 18.0. The zero-order valence-corrected chi connectivity index (χ0v) is 10.7. The fourth-order valence-electron chi connectivity index (χ4n) is 1.08. The molecule has 8 heteroatoms. The standard InChI is InChI=1S/C8H12N6S2/c1-3-9-7-13-12-6(16-7)4-15-8-10-5-11-14(8)2/h5H,3-4H2,1-2H3,(H,9,13). The smallest absolute Gasteiger partial charge is 0.205 e. The van der Waals surface area contributed by atoms with Crippen molar-refractivity contribution in [3.05, 3.63) is 11.3 Å². The Morgan fingerprint density at radius 1 is 1.50 bits per heavy atom. The summed E-state index contributed by atoms with van der Waals surface area (Å²) >= 11 is 3.18. The van der Waals surface area contributed by atoms with Gasteiger partial charge in [0.2, 0.25) is 5.13 Å². The van der Waals surface area contributed by atoms with Crippen LogP contribution in [0.3, 0.4) is 0 Å². The van der Waals surface area contributed by atoms with Gasteiger partial charge < -0.3 is 5.32 Å². The molecule has 2 aromatic rings. The first kappa shape index (κ1) is 11.3. The van der Waals surface area contributed by atoms with Gasteiger partial charge in [-0.15, -0.1) is 10.2 Å². The minimum atomic E-state index is 0.773. The third-order valence-electron chi connectivity index (χ3n) is 1.79. The number of hydrogen-bond acceptors (Lipinski definition) is 7. The molecule has 2 rings (SSSR count). The number of rotatable bonds is 5. The van der Waals surface area contributed by atoms with E-state index in [0.29, 0.717) is 0 Å². The van der Waals surface area contributed by atoms with Gasteiger partial charge in [-0.3, -0.25) is 0 Å². The lowest BCUT2D eigenvalue weighted by molar-refractivity contribution is 0.685. The number of nitrogens with zero attached hydrogens (tertiary/aromatic N) is 5. The third-order valence-corrected chi connectivity index (χ3v) is 3.90. The van der Waals surface area contributed by atoms with E-state index in [9.17, 15) is 0 Å². The molecule has 86 valence electrons. The topological polar surface area (TPSA) is 68.5 Å². The minimum Gasteiger partial charge on any atom is -0.360 e. The van der Waals surface area contributed by atoms with Crippen LogP contribution >= 0.6 is 23.1 Å². The van der Waals surface area contributed by atoms with Crippen molar-refractivity contribution in [1.29, 1.82) is 0 Å². The number of hydrogen-bond donors (Lipinski definition) is 1. The van der Waals surface area contributed by atoms with Crippen LogP contribution in [0.15, 0.2) is 11.5 Å². The second kappa shape index (κ2) is 5.26. The summed E-state index contributed by atoms with van der Waals surface area (Å²) in [5.74, 6) is 0.773. The minimum absolute atomic E-state index is 0.773. The summed E-state index contributed by atoms with van der Waals surface area (Å²) in [6.07, 6.45) is 1.55. The van der Waals surface area contributed by atoms with E-state index in [0.717, 1.165) is 27.6 Å². The van der Waals surface area contributed by atoms with Gasteiger partial charge in [0, 0.05) is 13.6 Å². The molecule has 0 unspecified atom stereocenters. The lowest BCUT2D eigenvalue weighted by atomic mass is 10.8. The molecule has 0 aliphatic rings. The largest absolute Gasteiger partial charge is 0.360 e. The maximum atomic E-state index is 4.13. The van der Waals surface area contributed by atoms with Crippen molar-refractivity contribution >= 4 is 28.2 Å². The number of thioether (sulfide) groups is 1. The van der Waals surface area contributed by atoms with Gasteiger partial charge in [0.1, 0.15) is 11.3 Å². The van der Waals surface area contributed by atoms with Crippen LogP contribution in [0, 0.1) is 0 Å². The molecule has 6 nitrogen and oxygen atoms in total. The van der Waals surface area contributed by atoms with Crippen LogP contribution in [0.1, 0.15) is 11.9 Å². The van der Waals surface area contributed by atoms with Crippen LogP contribution in [-0.4, -0.2) is 31.5 Å². The Labute approximate surface area is 101 Å². The molecule has 16 heavy (non-hydrogen) atoms. The van der Waals surface area contributed by atoms with E-state index >= 15 is 0 Å². The van der Waals surface area contributed by atoms with Gasteiger partial charge in [0.25, 0.3) is 0 Å². The Kier molecular flexibility index (Phi) is 3.73. The van der Waals surface area contributed by atoms with E-state index in [-0.39, 0.29) is 0 Å². The summed E-state index contributed by atoms with van der Waals surface area (Å²) in [5.41, 5.74) is 0. The summed E-state index contributed by atoms with van der Waals surface area (Å²) in [7, 11) is 1.87. The Morgan fingerprint density at radius 3 is 3.06 bits per heavy atom. The molecule has 0 fully saturated rings. The van der Waals surface area contributed by atoms with Crippen LogP contribution in [-0.2, 0) is 12.8 Å². The van der Waals surface area contributed by atoms with E-state index in [2.05, 4.69) is 25.6 Å². The van der Waals surface area contributed by atoms with Crippen LogP contribution < -0.4 is 5.32 Å². The highest BCUT2D eigenvalue weighted by molar-refractivity contribution is 7.98. The molecule has 0 saturated heterocycles. The molecule has 0 radical (unpaired) electrons. The quantitative estimate of drug-likeness (QED) is 0.815. The molecule has 0 atom stereocenters. The lowest BCUT2D eigenvalue weighted by Gasteiger charge is -1.96. The average Bonchev–Trinajstić information content (AvgIpc) is 2.86. The maximum Gasteiger partial charge on any atom is 0.205 e. The zero-order chi connectivity index (χ0) is 11.4. The first-order chi connectivity index (χ1) is 7.79. The lowest BCUT2D eigenvalue weighted by Crippen LogP contribution is -1.94. The van der Waals surface area contributed by atoms with E-state index in [1.54, 1.807) is 34.1 Å². The van der Waals surface area contributed by atoms with Crippen molar-refractivity contribution in [2.75, 3.05) is 11.9 Å². The second-order valence-corrected chi connectivity index (χ2v) is 4.99. The predicted octanol–water partition coefficient (Wildman–Crippen LogP) is 1.39. The fourth-order valence-corrected chi connectivity index (χ4v) is 2.76. The van der Waals surface area contributed by atoms with E-state index < -0.39 is 0 Å². The average molecular weight is 256 g/mol. The molecule has 0 aromatic carbocycles. The van der Waals surface area contributed by atoms with Gasteiger partial charge in [0.05, 0.1) is 5.75 Å². The Hall–Kier alpha value is -1.15. The van der Waals surface area contributed by atoms with E-state index in [1.807, 2.05) is 14.0 Å². The first-order valence-corrected chi connectivity index (χ1v) is 6.63. The van der Waals surface area contributed by atoms with Crippen molar-refractivity contribution in [1.82, 2.24) is 25.0 Å². The third kappa shape index (κ3) is 2.70. The molecule has 0 saturated carbocycles. The monoisotopic (exact) mass is 256 g/mol. The van der Waals surface area contributed by atoms with Gasteiger partial charge in [-0.25, -0.2) is 9.67 Å². The summed E-state index contributed by atoms with van der Waals surface area (Å²) < 4.78 is 1.75. The summed E-state index contributed by atoms with van der Waals surface area (Å²) in [6.45, 7) is 2.90. The van der Waals surface area contributed by atoms with E-state index in [1.165, 1.54) is 0 Å². The number of anilines is 1. The zero-order valence-electron chi connectivity index (χ0n) is 9.04. The van der Waals surface area contributed by atoms with Gasteiger partial charge in [-0.1, -0.05) is 23.1 Å². The van der Waals surface area contributed by atoms with Crippen LogP contribution in [0.25, 0.3) is 0 Å². The first-order valence-electron chi connectivity index (χ1n) is 4.82. The molecular weight excluding hydrogens is 244 g/mol. The van der Waals surface area contributed by atoms with Crippen LogP contribution in [0.2, 0.25) is 0 Å².